The van der Waals surface area contributed by atoms with Crippen molar-refractivity contribution in [3.05, 3.63) is 149 Å². The molecule has 45 heavy (non-hydrogen) atoms. The van der Waals surface area contributed by atoms with Gasteiger partial charge in [-0.15, -0.1) is 0 Å². The predicted octanol–water partition coefficient (Wildman–Crippen LogP) is 9.55. The third-order valence-electron chi connectivity index (χ3n) is 8.33. The Kier molecular flexibility index (Phi) is 9.49. The van der Waals surface area contributed by atoms with E-state index in [-0.39, 0.29) is 23.7 Å². The van der Waals surface area contributed by atoms with Gasteiger partial charge in [0.05, 0.1) is 5.92 Å². The van der Waals surface area contributed by atoms with Gasteiger partial charge >= 0.3 is 0 Å². The maximum absolute atomic E-state index is 13.6. The normalized spacial score (nSPS) is 14.0. The van der Waals surface area contributed by atoms with Crippen LogP contribution in [-0.2, 0) is 4.79 Å². The van der Waals surface area contributed by atoms with Crippen molar-refractivity contribution in [3.8, 4) is 11.1 Å². The molecule has 1 saturated heterocycles. The van der Waals surface area contributed by atoms with Crippen LogP contribution >= 0.6 is 23.2 Å². The monoisotopic (exact) mass is 633 g/mol. The molecule has 0 saturated carbocycles. The summed E-state index contributed by atoms with van der Waals surface area (Å²) in [4.78, 5) is 29.2. The first kappa shape index (κ1) is 30.4. The highest BCUT2D eigenvalue weighted by Gasteiger charge is 2.33. The number of piperidine rings is 1. The van der Waals surface area contributed by atoms with Crippen LogP contribution in [0.25, 0.3) is 11.1 Å². The molecule has 226 valence electrons. The van der Waals surface area contributed by atoms with Crippen molar-refractivity contribution in [1.29, 1.82) is 0 Å². The third-order valence-corrected chi connectivity index (χ3v) is 8.77. The smallest absolute Gasteiger partial charge is 0.256 e. The first-order chi connectivity index (χ1) is 21.9. The molecule has 1 fully saturated rings. The van der Waals surface area contributed by atoms with E-state index in [4.69, 9.17) is 23.2 Å². The Balaban J connectivity index is 1.11. The van der Waals surface area contributed by atoms with Gasteiger partial charge in [0, 0.05) is 45.8 Å². The molecule has 1 atom stereocenters. The quantitative estimate of drug-likeness (QED) is 0.179. The Labute approximate surface area is 273 Å². The maximum Gasteiger partial charge on any atom is 0.256 e. The maximum atomic E-state index is 13.6. The number of anilines is 3. The second-order valence-electron chi connectivity index (χ2n) is 11.3. The molecule has 6 rings (SSSR count). The van der Waals surface area contributed by atoms with Crippen LogP contribution in [0.4, 0.5) is 17.1 Å². The molecular weight excluding hydrogens is 601 g/mol. The van der Waals surface area contributed by atoms with Crippen LogP contribution < -0.4 is 15.5 Å². The Morgan fingerprint density at radius 1 is 0.667 bits per heavy atom. The van der Waals surface area contributed by atoms with Crippen molar-refractivity contribution in [2.24, 2.45) is 5.92 Å². The lowest BCUT2D eigenvalue weighted by Gasteiger charge is -2.37. The van der Waals surface area contributed by atoms with E-state index in [1.807, 2.05) is 91.0 Å². The molecule has 1 unspecified atom stereocenters. The Bertz CT molecular complexity index is 1750. The minimum atomic E-state index is -0.225. The summed E-state index contributed by atoms with van der Waals surface area (Å²) in [6, 6.07) is 40.3. The third kappa shape index (κ3) is 7.39. The standard InChI is InChI=1S/C38H33Cl2N3O2/c39-29-23-28(24-30(40)25-29)34-13-7-8-14-35(34)37(44)41-32-15-17-33(18-16-32)43-21-19-27(20-22-43)36(26-9-3-1-4-10-26)38(45)42-31-11-5-2-6-12-31/h1-18,23-25,27,36H,19-22H2,(H,41,44)(H,42,45). The highest BCUT2D eigenvalue weighted by molar-refractivity contribution is 6.35. The van der Waals surface area contributed by atoms with Crippen LogP contribution in [0.15, 0.2) is 127 Å². The topological polar surface area (TPSA) is 61.4 Å². The SMILES string of the molecule is O=C(Nc1ccc(N2CCC(C(C(=O)Nc3ccccc3)c3ccccc3)CC2)cc1)c1ccccc1-c1cc(Cl)cc(Cl)c1. The summed E-state index contributed by atoms with van der Waals surface area (Å²) in [5.74, 6) is -0.181. The fraction of sp³-hybridized carbons (Fsp3) is 0.158. The molecule has 1 heterocycles. The van der Waals surface area contributed by atoms with Crippen molar-refractivity contribution in [2.75, 3.05) is 28.6 Å². The van der Waals surface area contributed by atoms with Crippen LogP contribution in [0, 0.1) is 5.92 Å². The van der Waals surface area contributed by atoms with E-state index >= 15 is 0 Å². The number of amides is 2. The number of rotatable bonds is 8. The molecule has 1 aliphatic heterocycles. The first-order valence-electron chi connectivity index (χ1n) is 15.1. The molecule has 1 aliphatic rings. The van der Waals surface area contributed by atoms with Crippen molar-refractivity contribution in [2.45, 2.75) is 18.8 Å². The molecule has 2 amide bonds. The summed E-state index contributed by atoms with van der Waals surface area (Å²) in [5, 5.41) is 7.19. The van der Waals surface area contributed by atoms with Gasteiger partial charge < -0.3 is 15.5 Å². The predicted molar refractivity (Wildman–Crippen MR) is 185 cm³/mol. The number of carbonyl (C=O) groups excluding carboxylic acids is 2. The van der Waals surface area contributed by atoms with Gasteiger partial charge in [-0.05, 0) is 96.1 Å². The molecular formula is C38H33Cl2N3O2. The molecule has 5 nitrogen and oxygen atoms in total. The second-order valence-corrected chi connectivity index (χ2v) is 12.1. The number of nitrogens with zero attached hydrogens (tertiary/aromatic N) is 1. The largest absolute Gasteiger partial charge is 0.372 e. The van der Waals surface area contributed by atoms with E-state index in [0.717, 1.165) is 54.0 Å². The lowest BCUT2D eigenvalue weighted by molar-refractivity contribution is -0.118. The summed E-state index contributed by atoms with van der Waals surface area (Å²) in [5.41, 5.74) is 5.72. The van der Waals surface area contributed by atoms with Crippen LogP contribution in [0.3, 0.4) is 0 Å². The van der Waals surface area contributed by atoms with Gasteiger partial charge in [-0.25, -0.2) is 0 Å². The highest BCUT2D eigenvalue weighted by atomic mass is 35.5. The summed E-state index contributed by atoms with van der Waals surface area (Å²) in [6.45, 7) is 1.68. The lowest BCUT2D eigenvalue weighted by atomic mass is 9.79. The molecule has 7 heteroatoms. The van der Waals surface area contributed by atoms with Crippen molar-refractivity contribution < 1.29 is 9.59 Å². The number of hydrogen-bond acceptors (Lipinski definition) is 3. The molecule has 0 aromatic heterocycles. The Hall–Kier alpha value is -4.58. The van der Waals surface area contributed by atoms with E-state index in [9.17, 15) is 9.59 Å². The van der Waals surface area contributed by atoms with E-state index < -0.39 is 0 Å². The number of halogens is 2. The van der Waals surface area contributed by atoms with Crippen LogP contribution in [0.1, 0.15) is 34.7 Å². The minimum absolute atomic E-state index is 0.0333. The van der Waals surface area contributed by atoms with Gasteiger partial charge in [-0.3, -0.25) is 9.59 Å². The van der Waals surface area contributed by atoms with Gasteiger partial charge in [-0.1, -0.05) is 89.9 Å². The van der Waals surface area contributed by atoms with Crippen molar-refractivity contribution in [3.63, 3.8) is 0 Å². The minimum Gasteiger partial charge on any atom is -0.372 e. The molecule has 5 aromatic carbocycles. The van der Waals surface area contributed by atoms with Gasteiger partial charge in [0.15, 0.2) is 0 Å². The fourth-order valence-electron chi connectivity index (χ4n) is 6.13. The molecule has 0 radical (unpaired) electrons. The van der Waals surface area contributed by atoms with Gasteiger partial charge in [0.1, 0.15) is 0 Å². The van der Waals surface area contributed by atoms with Gasteiger partial charge in [0.25, 0.3) is 5.91 Å². The second kappa shape index (κ2) is 14.0. The first-order valence-corrected chi connectivity index (χ1v) is 15.8. The van der Waals surface area contributed by atoms with E-state index in [2.05, 4.69) is 27.7 Å². The average molecular weight is 635 g/mol. The number of para-hydroxylation sites is 1. The molecule has 2 N–H and O–H groups in total. The summed E-state index contributed by atoms with van der Waals surface area (Å²) in [7, 11) is 0. The molecule has 0 spiro atoms. The number of carbonyl (C=O) groups is 2. The number of benzene rings is 5. The molecule has 5 aromatic rings. The summed E-state index contributed by atoms with van der Waals surface area (Å²) in [6.07, 6.45) is 1.79. The number of nitrogens with one attached hydrogen (secondary N) is 2. The Morgan fingerprint density at radius 3 is 1.91 bits per heavy atom. The van der Waals surface area contributed by atoms with Gasteiger partial charge in [0.2, 0.25) is 5.91 Å². The van der Waals surface area contributed by atoms with Crippen LogP contribution in [0.2, 0.25) is 10.0 Å². The lowest BCUT2D eigenvalue weighted by Crippen LogP contribution is -2.38. The van der Waals surface area contributed by atoms with Crippen LogP contribution in [0.5, 0.6) is 0 Å². The van der Waals surface area contributed by atoms with E-state index in [1.54, 1.807) is 24.3 Å². The zero-order chi connectivity index (χ0) is 31.2. The average Bonchev–Trinajstić information content (AvgIpc) is 3.06. The van der Waals surface area contributed by atoms with E-state index in [0.29, 0.717) is 21.3 Å². The molecule has 0 aliphatic carbocycles. The summed E-state index contributed by atoms with van der Waals surface area (Å²) >= 11 is 12.5. The number of hydrogen-bond donors (Lipinski definition) is 2. The van der Waals surface area contributed by atoms with Crippen molar-refractivity contribution in [1.82, 2.24) is 0 Å². The zero-order valence-corrected chi connectivity index (χ0v) is 26.1. The van der Waals surface area contributed by atoms with Crippen LogP contribution in [-0.4, -0.2) is 24.9 Å². The zero-order valence-electron chi connectivity index (χ0n) is 24.6. The highest BCUT2D eigenvalue weighted by Crippen LogP contribution is 2.36. The summed E-state index contributed by atoms with van der Waals surface area (Å²) < 4.78 is 0. The van der Waals surface area contributed by atoms with Crippen molar-refractivity contribution >= 4 is 52.1 Å². The molecule has 0 bridgehead atoms. The van der Waals surface area contributed by atoms with E-state index in [1.165, 1.54) is 0 Å². The van der Waals surface area contributed by atoms with Gasteiger partial charge in [-0.2, -0.15) is 0 Å². The Morgan fingerprint density at radius 2 is 1.24 bits per heavy atom. The fourth-order valence-corrected chi connectivity index (χ4v) is 6.65.